The van der Waals surface area contributed by atoms with E-state index in [1.54, 1.807) is 6.08 Å². The van der Waals surface area contributed by atoms with Crippen molar-refractivity contribution in [2.45, 2.75) is 31.9 Å². The Bertz CT molecular complexity index is 1210. The molecule has 34 heavy (non-hydrogen) atoms. The zero-order valence-corrected chi connectivity index (χ0v) is 19.3. The second-order valence-corrected chi connectivity index (χ2v) is 8.03. The zero-order chi connectivity index (χ0) is 25.0. The van der Waals surface area contributed by atoms with Crippen molar-refractivity contribution in [3.63, 3.8) is 0 Å². The average molecular weight is 470 g/mol. The number of nitroso groups, excluding NO2 is 1. The van der Waals surface area contributed by atoms with Gasteiger partial charge in [-0.3, -0.25) is 15.5 Å². The minimum Gasteiger partial charge on any atom is -0.496 e. The number of allylic oxidation sites excluding steroid dienone is 5. The number of halogens is 1. The molecule has 0 aliphatic heterocycles. The molecule has 180 valence electrons. The predicted octanol–water partition coefficient (Wildman–Crippen LogP) is 5.82. The molecule has 0 saturated heterocycles. The first-order valence-corrected chi connectivity index (χ1v) is 10.7. The number of carbonyl (C=O) groups is 1. The molecule has 9 heteroatoms. The molecule has 0 spiro atoms. The standard InChI is InChI=1S/C25H27FN2O6/c1-5-6-7-14(2)15-10-11-25(24(29)30,20(26)12-15)16-13-19(33-3)21-17(27-31)8-9-18(28-32)22(21)23(16)34-4/h5-6,8-14,20,27,31H,7H2,1-4H3,(H,29,30)/b6-5+. The lowest BCUT2D eigenvalue weighted by atomic mass is 9.70. The van der Waals surface area contributed by atoms with E-state index in [9.17, 15) is 20.0 Å². The Morgan fingerprint density at radius 2 is 2.06 bits per heavy atom. The fourth-order valence-electron chi connectivity index (χ4n) is 4.35. The van der Waals surface area contributed by atoms with Crippen LogP contribution in [0.25, 0.3) is 10.8 Å². The summed E-state index contributed by atoms with van der Waals surface area (Å²) in [6.07, 6.45) is 6.83. The molecule has 3 rings (SSSR count). The number of ether oxygens (including phenoxy) is 2. The van der Waals surface area contributed by atoms with Crippen LogP contribution in [-0.2, 0) is 10.2 Å². The average Bonchev–Trinajstić information content (AvgIpc) is 2.85. The van der Waals surface area contributed by atoms with E-state index in [0.29, 0.717) is 12.0 Å². The normalized spacial score (nSPS) is 20.8. The van der Waals surface area contributed by atoms with Crippen LogP contribution in [0.5, 0.6) is 11.5 Å². The topological polar surface area (TPSA) is 117 Å². The summed E-state index contributed by atoms with van der Waals surface area (Å²) in [7, 11) is 2.62. The van der Waals surface area contributed by atoms with Crippen LogP contribution in [0.15, 0.2) is 59.3 Å². The number of fused-ring (bicyclic) bond motifs is 1. The summed E-state index contributed by atoms with van der Waals surface area (Å²) in [5.41, 5.74) is 0.584. The third kappa shape index (κ3) is 3.92. The predicted molar refractivity (Wildman–Crippen MR) is 128 cm³/mol. The van der Waals surface area contributed by atoms with Crippen molar-refractivity contribution in [1.82, 2.24) is 0 Å². The van der Waals surface area contributed by atoms with Gasteiger partial charge in [0.1, 0.15) is 28.8 Å². The van der Waals surface area contributed by atoms with Crippen molar-refractivity contribution >= 4 is 28.1 Å². The van der Waals surface area contributed by atoms with E-state index in [1.807, 2.05) is 31.5 Å². The Kier molecular flexibility index (Phi) is 7.36. The second-order valence-electron chi connectivity index (χ2n) is 8.03. The maximum atomic E-state index is 15.9. The van der Waals surface area contributed by atoms with Gasteiger partial charge in [0, 0.05) is 5.56 Å². The first kappa shape index (κ1) is 24.9. The Labute approximate surface area is 196 Å². The van der Waals surface area contributed by atoms with E-state index < -0.39 is 17.6 Å². The first-order chi connectivity index (χ1) is 16.3. The summed E-state index contributed by atoms with van der Waals surface area (Å²) >= 11 is 0. The highest BCUT2D eigenvalue weighted by Crippen LogP contribution is 2.51. The van der Waals surface area contributed by atoms with Crippen molar-refractivity contribution in [2.75, 3.05) is 19.7 Å². The molecule has 2 aromatic rings. The first-order valence-electron chi connectivity index (χ1n) is 10.7. The number of aliphatic carboxylic acids is 1. The summed E-state index contributed by atoms with van der Waals surface area (Å²) in [6, 6.07) is 4.09. The summed E-state index contributed by atoms with van der Waals surface area (Å²) in [5.74, 6) is -1.42. The smallest absolute Gasteiger partial charge is 0.321 e. The van der Waals surface area contributed by atoms with Crippen LogP contribution in [0.2, 0.25) is 0 Å². The van der Waals surface area contributed by atoms with Gasteiger partial charge >= 0.3 is 5.97 Å². The van der Waals surface area contributed by atoms with Crippen LogP contribution in [-0.4, -0.2) is 36.7 Å². The Hall–Kier alpha value is -3.72. The van der Waals surface area contributed by atoms with Gasteiger partial charge in [0.15, 0.2) is 0 Å². The highest BCUT2D eigenvalue weighted by molar-refractivity contribution is 6.10. The monoisotopic (exact) mass is 470 g/mol. The fourth-order valence-corrected chi connectivity index (χ4v) is 4.35. The molecule has 8 nitrogen and oxygen atoms in total. The van der Waals surface area contributed by atoms with Crippen molar-refractivity contribution in [1.29, 1.82) is 0 Å². The van der Waals surface area contributed by atoms with Crippen LogP contribution in [0.3, 0.4) is 0 Å². The molecule has 1 aliphatic carbocycles. The largest absolute Gasteiger partial charge is 0.496 e. The maximum absolute atomic E-state index is 15.9. The minimum atomic E-state index is -2.15. The van der Waals surface area contributed by atoms with Gasteiger partial charge in [-0.15, -0.1) is 4.91 Å². The molecule has 0 aromatic heterocycles. The summed E-state index contributed by atoms with van der Waals surface area (Å²) in [6.45, 7) is 3.83. The van der Waals surface area contributed by atoms with Crippen LogP contribution in [0.4, 0.5) is 15.8 Å². The number of methoxy groups -OCH3 is 2. The Balaban J connectivity index is 2.35. The highest BCUT2D eigenvalue weighted by Gasteiger charge is 2.50. The number of hydrogen-bond donors (Lipinski definition) is 3. The van der Waals surface area contributed by atoms with Gasteiger partial charge in [0.2, 0.25) is 0 Å². The van der Waals surface area contributed by atoms with Crippen LogP contribution in [0.1, 0.15) is 25.8 Å². The van der Waals surface area contributed by atoms with Gasteiger partial charge in [0.05, 0.1) is 30.7 Å². The molecule has 0 amide bonds. The van der Waals surface area contributed by atoms with Crippen LogP contribution >= 0.6 is 0 Å². The van der Waals surface area contributed by atoms with Gasteiger partial charge < -0.3 is 14.6 Å². The van der Waals surface area contributed by atoms with E-state index >= 15 is 4.39 Å². The molecule has 3 unspecified atom stereocenters. The minimum absolute atomic E-state index is 0.0189. The number of alkyl halides is 1. The number of benzene rings is 2. The van der Waals surface area contributed by atoms with Gasteiger partial charge in [-0.25, -0.2) is 4.39 Å². The molecule has 0 fully saturated rings. The lowest BCUT2D eigenvalue weighted by Crippen LogP contribution is -2.44. The molecule has 0 bridgehead atoms. The van der Waals surface area contributed by atoms with E-state index in [2.05, 4.69) is 5.18 Å². The second kappa shape index (κ2) is 10.0. The highest BCUT2D eigenvalue weighted by atomic mass is 19.1. The van der Waals surface area contributed by atoms with Gasteiger partial charge in [0.25, 0.3) is 0 Å². The lowest BCUT2D eigenvalue weighted by Gasteiger charge is -2.34. The number of nitrogens with one attached hydrogen (secondary N) is 1. The number of carboxylic acids is 1. The molecule has 1 aliphatic rings. The number of nitrogens with zero attached hydrogens (tertiary/aromatic N) is 1. The van der Waals surface area contributed by atoms with Crippen molar-refractivity contribution in [3.05, 3.63) is 64.6 Å². The molecule has 0 saturated carbocycles. The summed E-state index contributed by atoms with van der Waals surface area (Å²) < 4.78 is 26.9. The molecular weight excluding hydrogens is 443 g/mol. The van der Waals surface area contributed by atoms with Crippen molar-refractivity contribution in [2.24, 2.45) is 11.1 Å². The van der Waals surface area contributed by atoms with Gasteiger partial charge in [-0.2, -0.15) is 0 Å². The molecular formula is C25H27FN2O6. The Morgan fingerprint density at radius 3 is 2.59 bits per heavy atom. The molecule has 0 heterocycles. The number of hydrogen-bond acceptors (Lipinski definition) is 7. The summed E-state index contributed by atoms with van der Waals surface area (Å²) in [4.78, 5) is 24.3. The fraction of sp³-hybridized carbons (Fsp3) is 0.320. The molecule has 3 atom stereocenters. The van der Waals surface area contributed by atoms with Gasteiger partial charge in [-0.05, 0) is 54.3 Å². The van der Waals surface area contributed by atoms with E-state index in [4.69, 9.17) is 9.47 Å². The number of carboxylic acid groups (broad SMARTS) is 1. The van der Waals surface area contributed by atoms with Crippen molar-refractivity contribution < 1.29 is 29.0 Å². The van der Waals surface area contributed by atoms with Gasteiger partial charge in [-0.1, -0.05) is 31.2 Å². The summed E-state index contributed by atoms with van der Waals surface area (Å²) in [5, 5.41) is 23.2. The van der Waals surface area contributed by atoms with Crippen molar-refractivity contribution in [3.8, 4) is 11.5 Å². The third-order valence-corrected chi connectivity index (χ3v) is 6.23. The molecule has 3 N–H and O–H groups in total. The van der Waals surface area contributed by atoms with E-state index in [0.717, 1.165) is 0 Å². The molecule has 0 radical (unpaired) electrons. The van der Waals surface area contributed by atoms with E-state index in [1.165, 1.54) is 44.6 Å². The lowest BCUT2D eigenvalue weighted by molar-refractivity contribution is -0.143. The van der Waals surface area contributed by atoms with Crippen LogP contribution in [0, 0.1) is 10.8 Å². The Morgan fingerprint density at radius 1 is 1.32 bits per heavy atom. The van der Waals surface area contributed by atoms with E-state index in [-0.39, 0.29) is 45.1 Å². The van der Waals surface area contributed by atoms with Crippen LogP contribution < -0.4 is 15.0 Å². The number of rotatable bonds is 9. The third-order valence-electron chi connectivity index (χ3n) is 6.23. The molecule has 2 aromatic carbocycles. The maximum Gasteiger partial charge on any atom is 0.321 e. The zero-order valence-electron chi connectivity index (χ0n) is 19.3. The SMILES string of the molecule is C/C=C/CC(C)C1=CC(F)C(C(=O)O)(c2cc(OC)c3c(NO)ccc(N=O)c3c2OC)C=C1. The number of anilines is 1. The quantitative estimate of drug-likeness (QED) is 0.240.